The van der Waals surface area contributed by atoms with Crippen LogP contribution in [-0.2, 0) is 16.0 Å². The molecule has 0 saturated heterocycles. The molecule has 5 nitrogen and oxygen atoms in total. The first kappa shape index (κ1) is 14.3. The maximum absolute atomic E-state index is 11.4. The molecule has 0 spiro atoms. The van der Waals surface area contributed by atoms with Crippen molar-refractivity contribution in [2.45, 2.75) is 19.9 Å². The van der Waals surface area contributed by atoms with Gasteiger partial charge in [0, 0.05) is 0 Å². The maximum Gasteiger partial charge on any atom is 0.341 e. The molecule has 0 aromatic carbocycles. The number of furan rings is 1. The molecule has 1 aromatic heterocycles. The molecule has 0 saturated carbocycles. The van der Waals surface area contributed by atoms with Crippen LogP contribution in [0.15, 0.2) is 23.3 Å². The average Bonchev–Trinajstić information content (AvgIpc) is 2.74. The third-order valence-electron chi connectivity index (χ3n) is 2.41. The van der Waals surface area contributed by atoms with E-state index in [4.69, 9.17) is 9.15 Å². The van der Waals surface area contributed by atoms with Gasteiger partial charge in [-0.3, -0.25) is 0 Å². The average molecular weight is 253 g/mol. The number of hydrogen-bond donors (Lipinski definition) is 1. The Labute approximate surface area is 107 Å². The second-order valence-corrected chi connectivity index (χ2v) is 3.74. The third kappa shape index (κ3) is 4.25. The molecule has 1 rings (SSSR count). The lowest BCUT2D eigenvalue weighted by atomic mass is 10.2. The number of hydrogen-bond acceptors (Lipinski definition) is 5. The highest BCUT2D eigenvalue weighted by Gasteiger charge is 2.14. The van der Waals surface area contributed by atoms with Gasteiger partial charge in [0.1, 0.15) is 17.1 Å². The molecule has 1 heterocycles. The minimum absolute atomic E-state index is 0.373. The van der Waals surface area contributed by atoms with Crippen molar-refractivity contribution < 1.29 is 18.7 Å². The zero-order valence-electron chi connectivity index (χ0n) is 10.8. The lowest BCUT2D eigenvalue weighted by molar-refractivity contribution is 0.0599. The molecule has 0 atom stereocenters. The highest BCUT2D eigenvalue weighted by atomic mass is 16.5. The number of nitrogens with one attached hydrogen (secondary N) is 1. The Bertz CT molecular complexity index is 398. The van der Waals surface area contributed by atoms with Crippen molar-refractivity contribution in [3.8, 4) is 0 Å². The Morgan fingerprint density at radius 1 is 1.61 bits per heavy atom. The van der Waals surface area contributed by atoms with E-state index in [1.54, 1.807) is 13.0 Å². The first-order valence-electron chi connectivity index (χ1n) is 5.80. The molecule has 1 aromatic rings. The summed E-state index contributed by atoms with van der Waals surface area (Å²) in [5, 5.41) is 3.20. The summed E-state index contributed by atoms with van der Waals surface area (Å²) in [4.78, 5) is 11.4. The highest BCUT2D eigenvalue weighted by molar-refractivity contribution is 5.90. The second-order valence-electron chi connectivity index (χ2n) is 3.74. The van der Waals surface area contributed by atoms with Crippen LogP contribution in [0.1, 0.15) is 28.3 Å². The molecular weight excluding hydrogens is 234 g/mol. The van der Waals surface area contributed by atoms with Crippen LogP contribution in [0.2, 0.25) is 0 Å². The van der Waals surface area contributed by atoms with Crippen molar-refractivity contribution in [1.82, 2.24) is 5.32 Å². The minimum atomic E-state index is -0.373. The van der Waals surface area contributed by atoms with Crippen molar-refractivity contribution in [2.24, 2.45) is 0 Å². The molecule has 0 fully saturated rings. The van der Waals surface area contributed by atoms with Crippen LogP contribution in [0, 0.1) is 6.92 Å². The molecular formula is C13H19NO4. The van der Waals surface area contributed by atoms with Gasteiger partial charge in [0.15, 0.2) is 0 Å². The van der Waals surface area contributed by atoms with Gasteiger partial charge < -0.3 is 19.2 Å². The lowest BCUT2D eigenvalue weighted by Crippen LogP contribution is -2.15. The predicted octanol–water partition coefficient (Wildman–Crippen LogP) is 2.01. The Morgan fingerprint density at radius 2 is 2.39 bits per heavy atom. The summed E-state index contributed by atoms with van der Waals surface area (Å²) in [5.74, 6) is 0.924. The van der Waals surface area contributed by atoms with Gasteiger partial charge in [0.2, 0.25) is 0 Å². The monoisotopic (exact) mass is 253 g/mol. The van der Waals surface area contributed by atoms with Gasteiger partial charge in [-0.2, -0.15) is 0 Å². The van der Waals surface area contributed by atoms with Crippen LogP contribution in [0.3, 0.4) is 0 Å². The first-order valence-corrected chi connectivity index (χ1v) is 5.80. The van der Waals surface area contributed by atoms with Crippen LogP contribution in [0.4, 0.5) is 0 Å². The van der Waals surface area contributed by atoms with Crippen molar-refractivity contribution in [3.05, 3.63) is 36.0 Å². The fourth-order valence-electron chi connectivity index (χ4n) is 1.52. The van der Waals surface area contributed by atoms with Gasteiger partial charge in [-0.15, -0.1) is 0 Å². The van der Waals surface area contributed by atoms with Gasteiger partial charge in [0.25, 0.3) is 0 Å². The summed E-state index contributed by atoms with van der Waals surface area (Å²) in [6.45, 7) is 7.23. The number of aryl methyl sites for hydroxylation is 1. The van der Waals surface area contributed by atoms with Crippen molar-refractivity contribution in [1.29, 1.82) is 0 Å². The standard InChI is InChI=1S/C13H19NO4/c1-4-17-7-5-6-14-9-11-8-12(10(2)18-11)13(15)16-3/h4,8,14H,1,5-7,9H2,2-3H3. The molecule has 0 aliphatic rings. The summed E-state index contributed by atoms with van der Waals surface area (Å²) < 4.78 is 15.1. The number of esters is 1. The fraction of sp³-hybridized carbons (Fsp3) is 0.462. The minimum Gasteiger partial charge on any atom is -0.502 e. The SMILES string of the molecule is C=COCCCNCc1cc(C(=O)OC)c(C)o1. The van der Waals surface area contributed by atoms with Crippen LogP contribution in [0.25, 0.3) is 0 Å². The first-order chi connectivity index (χ1) is 8.69. The topological polar surface area (TPSA) is 60.7 Å². The van der Waals surface area contributed by atoms with E-state index < -0.39 is 0 Å². The molecule has 0 unspecified atom stereocenters. The molecule has 0 radical (unpaired) electrons. The maximum atomic E-state index is 11.4. The smallest absolute Gasteiger partial charge is 0.341 e. The second kappa shape index (κ2) is 7.55. The molecule has 100 valence electrons. The van der Waals surface area contributed by atoms with Gasteiger partial charge in [-0.05, 0) is 26.0 Å². The zero-order valence-corrected chi connectivity index (χ0v) is 10.8. The van der Waals surface area contributed by atoms with Crippen LogP contribution in [-0.4, -0.2) is 26.2 Å². The third-order valence-corrected chi connectivity index (χ3v) is 2.41. The number of carbonyl (C=O) groups is 1. The van der Waals surface area contributed by atoms with Crippen molar-refractivity contribution in [3.63, 3.8) is 0 Å². The van der Waals surface area contributed by atoms with E-state index in [0.29, 0.717) is 24.5 Å². The molecule has 5 heteroatoms. The van der Waals surface area contributed by atoms with E-state index >= 15 is 0 Å². The van der Waals surface area contributed by atoms with Gasteiger partial charge >= 0.3 is 5.97 Å². The van der Waals surface area contributed by atoms with Gasteiger partial charge in [0.05, 0.1) is 26.5 Å². The number of ether oxygens (including phenoxy) is 2. The normalized spacial score (nSPS) is 10.1. The predicted molar refractivity (Wildman–Crippen MR) is 67.3 cm³/mol. The molecule has 0 aliphatic heterocycles. The summed E-state index contributed by atoms with van der Waals surface area (Å²) in [6.07, 6.45) is 2.31. The van der Waals surface area contributed by atoms with Crippen LogP contribution in [0.5, 0.6) is 0 Å². The number of methoxy groups -OCH3 is 1. The summed E-state index contributed by atoms with van der Waals surface area (Å²) in [5.41, 5.74) is 0.476. The molecule has 18 heavy (non-hydrogen) atoms. The summed E-state index contributed by atoms with van der Waals surface area (Å²) in [7, 11) is 1.35. The van der Waals surface area contributed by atoms with E-state index in [1.807, 2.05) is 0 Å². The molecule has 0 amide bonds. The summed E-state index contributed by atoms with van der Waals surface area (Å²) in [6, 6.07) is 1.70. The van der Waals surface area contributed by atoms with Crippen molar-refractivity contribution >= 4 is 5.97 Å². The lowest BCUT2D eigenvalue weighted by Gasteiger charge is -2.02. The van der Waals surface area contributed by atoms with Gasteiger partial charge in [-0.1, -0.05) is 6.58 Å². The van der Waals surface area contributed by atoms with E-state index in [-0.39, 0.29) is 5.97 Å². The highest BCUT2D eigenvalue weighted by Crippen LogP contribution is 2.15. The quantitative estimate of drug-likeness (QED) is 0.436. The number of rotatable bonds is 8. The largest absolute Gasteiger partial charge is 0.502 e. The zero-order chi connectivity index (χ0) is 13.4. The van der Waals surface area contributed by atoms with E-state index in [1.165, 1.54) is 13.4 Å². The molecule has 0 aliphatic carbocycles. The van der Waals surface area contributed by atoms with E-state index in [0.717, 1.165) is 18.7 Å². The molecule has 1 N–H and O–H groups in total. The van der Waals surface area contributed by atoms with Crippen LogP contribution < -0.4 is 5.32 Å². The van der Waals surface area contributed by atoms with Gasteiger partial charge in [-0.25, -0.2) is 4.79 Å². The Kier molecular flexibility index (Phi) is 6.00. The number of carbonyl (C=O) groups excluding carboxylic acids is 1. The van der Waals surface area contributed by atoms with E-state index in [9.17, 15) is 4.79 Å². The fourth-order valence-corrected chi connectivity index (χ4v) is 1.52. The van der Waals surface area contributed by atoms with E-state index in [2.05, 4.69) is 16.6 Å². The molecule has 0 bridgehead atoms. The Balaban J connectivity index is 2.35. The summed E-state index contributed by atoms with van der Waals surface area (Å²) >= 11 is 0. The van der Waals surface area contributed by atoms with Crippen molar-refractivity contribution in [2.75, 3.05) is 20.3 Å². The Morgan fingerprint density at radius 3 is 3.06 bits per heavy atom. The van der Waals surface area contributed by atoms with Crippen LogP contribution >= 0.6 is 0 Å². The Hall–Kier alpha value is -1.75.